The smallest absolute Gasteiger partial charge is 0.265 e. The van der Waals surface area contributed by atoms with E-state index in [4.69, 9.17) is 6.42 Å². The molecule has 238 valence electrons. The van der Waals surface area contributed by atoms with E-state index < -0.39 is 29.7 Å². The maximum Gasteiger partial charge on any atom is 0.265 e. The Bertz CT molecular complexity index is 1480. The zero-order chi connectivity index (χ0) is 32.9. The predicted molar refractivity (Wildman–Crippen MR) is 169 cm³/mol. The molecule has 0 aliphatic heterocycles. The fourth-order valence-corrected chi connectivity index (χ4v) is 4.93. The minimum absolute atomic E-state index is 0.0918. The van der Waals surface area contributed by atoms with Gasteiger partial charge in [0.1, 0.15) is 11.6 Å². The molecule has 45 heavy (non-hydrogen) atoms. The second kappa shape index (κ2) is 17.0. The zero-order valence-electron chi connectivity index (χ0n) is 25.9. The van der Waals surface area contributed by atoms with Gasteiger partial charge in [0.2, 0.25) is 0 Å². The molecular formula is C35H40F2N4O4. The van der Waals surface area contributed by atoms with E-state index in [9.17, 15) is 28.3 Å². The summed E-state index contributed by atoms with van der Waals surface area (Å²) < 4.78 is 28.1. The highest BCUT2D eigenvalue weighted by Crippen LogP contribution is 2.16. The Labute approximate surface area is 263 Å². The number of aliphatic hydroxyl groups is 1. The summed E-state index contributed by atoms with van der Waals surface area (Å²) in [4.78, 5) is 41.4. The number of amides is 3. The van der Waals surface area contributed by atoms with Crippen LogP contribution in [0.4, 0.5) is 8.78 Å². The van der Waals surface area contributed by atoms with Crippen molar-refractivity contribution in [3.8, 4) is 12.3 Å². The van der Waals surface area contributed by atoms with Crippen molar-refractivity contribution >= 4 is 17.7 Å². The first-order valence-electron chi connectivity index (χ1n) is 15.0. The summed E-state index contributed by atoms with van der Waals surface area (Å²) in [5.41, 5.74) is 4.03. The van der Waals surface area contributed by atoms with E-state index in [1.54, 1.807) is 48.2 Å². The maximum atomic E-state index is 14.1. The summed E-state index contributed by atoms with van der Waals surface area (Å²) in [5, 5.41) is 15.6. The Hall–Kier alpha value is -4.59. The number of nitrogens with zero attached hydrogens (tertiary/aromatic N) is 2. The van der Waals surface area contributed by atoms with Crippen molar-refractivity contribution in [1.29, 1.82) is 0 Å². The van der Waals surface area contributed by atoms with E-state index in [0.717, 1.165) is 31.0 Å². The third-order valence-electron chi connectivity index (χ3n) is 7.13. The van der Waals surface area contributed by atoms with Gasteiger partial charge in [0.15, 0.2) is 0 Å². The van der Waals surface area contributed by atoms with Gasteiger partial charge in [0.25, 0.3) is 17.7 Å². The Balaban J connectivity index is 1.89. The number of carbonyl (C=O) groups excluding carboxylic acids is 3. The Kier molecular flexibility index (Phi) is 13.2. The largest absolute Gasteiger partial charge is 0.390 e. The van der Waals surface area contributed by atoms with Gasteiger partial charge in [-0.3, -0.25) is 19.8 Å². The topological polar surface area (TPSA) is 102 Å². The number of terminal acetylenes is 1. The van der Waals surface area contributed by atoms with Crippen LogP contribution in [0.15, 0.2) is 66.7 Å². The molecule has 3 aromatic carbocycles. The van der Waals surface area contributed by atoms with Gasteiger partial charge in [-0.15, -0.1) is 6.42 Å². The number of likely N-dealkylation sites (N-methyl/N-ethyl adjacent to an activating group) is 1. The number of aliphatic hydroxyl groups excluding tert-OH is 1. The van der Waals surface area contributed by atoms with Gasteiger partial charge < -0.3 is 15.3 Å². The lowest BCUT2D eigenvalue weighted by atomic mass is 9.99. The molecule has 3 amide bonds. The van der Waals surface area contributed by atoms with E-state index in [1.807, 2.05) is 13.8 Å². The van der Waals surface area contributed by atoms with Gasteiger partial charge >= 0.3 is 0 Å². The summed E-state index contributed by atoms with van der Waals surface area (Å²) in [6, 6.07) is 14.9. The minimum atomic E-state index is -1.29. The highest BCUT2D eigenvalue weighted by Gasteiger charge is 2.26. The first kappa shape index (κ1) is 34.9. The number of benzene rings is 3. The summed E-state index contributed by atoms with van der Waals surface area (Å²) in [7, 11) is 0. The van der Waals surface area contributed by atoms with E-state index >= 15 is 0 Å². The van der Waals surface area contributed by atoms with Crippen molar-refractivity contribution < 1.29 is 28.3 Å². The molecule has 0 saturated heterocycles. The molecule has 10 heteroatoms. The fraction of sp³-hybridized carbons (Fsp3) is 0.343. The van der Waals surface area contributed by atoms with Crippen LogP contribution in [0.3, 0.4) is 0 Å². The summed E-state index contributed by atoms with van der Waals surface area (Å²) >= 11 is 0. The molecule has 0 spiro atoms. The van der Waals surface area contributed by atoms with Crippen LogP contribution in [0.25, 0.3) is 0 Å². The molecule has 0 fully saturated rings. The SMILES string of the molecule is C#Cc1cc(C(=O)NC(Cc2cc(F)cc(F)c2)C(O)CN(CC)NC(=O)c2ccccc2)cc(C(=O)N(CCC)CCC)c1. The Morgan fingerprint density at radius 1 is 0.867 bits per heavy atom. The molecule has 0 radical (unpaired) electrons. The summed E-state index contributed by atoms with van der Waals surface area (Å²) in [5.74, 6) is -0.411. The zero-order valence-corrected chi connectivity index (χ0v) is 25.9. The fourth-order valence-electron chi connectivity index (χ4n) is 4.93. The molecule has 8 nitrogen and oxygen atoms in total. The lowest BCUT2D eigenvalue weighted by Crippen LogP contribution is -2.53. The Morgan fingerprint density at radius 2 is 1.49 bits per heavy atom. The number of hydrogen-bond donors (Lipinski definition) is 3. The average molecular weight is 619 g/mol. The van der Waals surface area contributed by atoms with Crippen LogP contribution in [0.1, 0.15) is 75.8 Å². The van der Waals surface area contributed by atoms with Gasteiger partial charge in [-0.1, -0.05) is 44.9 Å². The van der Waals surface area contributed by atoms with Crippen LogP contribution >= 0.6 is 0 Å². The molecule has 0 saturated carbocycles. The molecule has 2 atom stereocenters. The van der Waals surface area contributed by atoms with Crippen LogP contribution in [0, 0.1) is 24.0 Å². The van der Waals surface area contributed by atoms with Gasteiger partial charge in [-0.25, -0.2) is 13.8 Å². The monoisotopic (exact) mass is 618 g/mol. The summed E-state index contributed by atoms with van der Waals surface area (Å²) in [6.07, 6.45) is 5.75. The molecule has 0 aromatic heterocycles. The number of hydrogen-bond acceptors (Lipinski definition) is 5. The third-order valence-corrected chi connectivity index (χ3v) is 7.13. The first-order chi connectivity index (χ1) is 21.6. The minimum Gasteiger partial charge on any atom is -0.390 e. The van der Waals surface area contributed by atoms with Crippen LogP contribution in [-0.2, 0) is 6.42 Å². The quantitative estimate of drug-likeness (QED) is 0.171. The van der Waals surface area contributed by atoms with Crippen LogP contribution in [0.5, 0.6) is 0 Å². The van der Waals surface area contributed by atoms with Gasteiger partial charge in [0.05, 0.1) is 12.1 Å². The molecular weight excluding hydrogens is 578 g/mol. The number of halogens is 2. The molecule has 3 aromatic rings. The van der Waals surface area contributed by atoms with Crippen molar-refractivity contribution in [3.63, 3.8) is 0 Å². The van der Waals surface area contributed by atoms with E-state index in [1.165, 1.54) is 17.1 Å². The van der Waals surface area contributed by atoms with E-state index in [2.05, 4.69) is 16.7 Å². The number of hydrazine groups is 1. The number of rotatable bonds is 15. The average Bonchev–Trinajstić information content (AvgIpc) is 3.03. The van der Waals surface area contributed by atoms with Gasteiger partial charge in [0, 0.05) is 54.5 Å². The van der Waals surface area contributed by atoms with E-state index in [-0.39, 0.29) is 41.5 Å². The normalized spacial score (nSPS) is 12.2. The van der Waals surface area contributed by atoms with Gasteiger partial charge in [-0.2, -0.15) is 0 Å². The number of carbonyl (C=O) groups is 3. The van der Waals surface area contributed by atoms with Crippen molar-refractivity contribution in [2.24, 2.45) is 0 Å². The lowest BCUT2D eigenvalue weighted by Gasteiger charge is -2.30. The highest BCUT2D eigenvalue weighted by atomic mass is 19.1. The molecule has 0 aliphatic rings. The number of nitrogens with one attached hydrogen (secondary N) is 2. The van der Waals surface area contributed by atoms with Crippen LogP contribution < -0.4 is 10.7 Å². The van der Waals surface area contributed by atoms with Crippen molar-refractivity contribution in [2.75, 3.05) is 26.2 Å². The standard InChI is InChI=1S/C35H40F2N4O4/c1-5-14-40(15-6-2)35(45)28-17-24(7-3)16-27(21-28)33(43)38-31(20-25-18-29(36)22-30(37)19-25)32(42)23-41(8-4)39-34(44)26-12-10-9-11-13-26/h3,9-13,16-19,21-22,31-32,42H,5-6,8,14-15,20,23H2,1-2,4H3,(H,38,43)(H,39,44). The molecule has 2 unspecified atom stereocenters. The molecule has 3 N–H and O–H groups in total. The van der Waals surface area contributed by atoms with Gasteiger partial charge in [-0.05, 0) is 67.3 Å². The van der Waals surface area contributed by atoms with E-state index in [0.29, 0.717) is 30.8 Å². The van der Waals surface area contributed by atoms with Crippen molar-refractivity contribution in [2.45, 2.75) is 52.2 Å². The van der Waals surface area contributed by atoms with Crippen molar-refractivity contribution in [1.82, 2.24) is 20.7 Å². The first-order valence-corrected chi connectivity index (χ1v) is 15.0. The summed E-state index contributed by atoms with van der Waals surface area (Å²) in [6.45, 7) is 6.99. The lowest BCUT2D eigenvalue weighted by molar-refractivity contribution is 0.0471. The van der Waals surface area contributed by atoms with Crippen molar-refractivity contribution in [3.05, 3.63) is 106 Å². The molecule has 0 heterocycles. The third kappa shape index (κ3) is 10.2. The maximum absolute atomic E-state index is 14.1. The van der Waals surface area contributed by atoms with Crippen LogP contribution in [0.2, 0.25) is 0 Å². The predicted octanol–water partition coefficient (Wildman–Crippen LogP) is 4.58. The highest BCUT2D eigenvalue weighted by molar-refractivity contribution is 6.00. The molecule has 0 aliphatic carbocycles. The second-order valence-electron chi connectivity index (χ2n) is 10.7. The Morgan fingerprint density at radius 3 is 2.07 bits per heavy atom. The molecule has 3 rings (SSSR count). The molecule has 0 bridgehead atoms. The second-order valence-corrected chi connectivity index (χ2v) is 10.7. The van der Waals surface area contributed by atoms with Crippen LogP contribution in [-0.4, -0.2) is 71.1 Å².